The van der Waals surface area contributed by atoms with Gasteiger partial charge in [0.15, 0.2) is 0 Å². The van der Waals surface area contributed by atoms with E-state index in [2.05, 4.69) is 0 Å². The van der Waals surface area contributed by atoms with Crippen LogP contribution in [0.4, 0.5) is 4.39 Å². The quantitative estimate of drug-likeness (QED) is 0.853. The average Bonchev–Trinajstić information content (AvgIpc) is 2.19. The number of nitriles is 1. The Morgan fingerprint density at radius 2 is 2.12 bits per heavy atom. The zero-order valence-corrected chi connectivity index (χ0v) is 9.07. The lowest BCUT2D eigenvalue weighted by atomic mass is 9.88. The molecular formula is C12H12FNO2. The summed E-state index contributed by atoms with van der Waals surface area (Å²) in [6, 6.07) is 5.54. The largest absolute Gasteiger partial charge is 0.481 e. The highest BCUT2D eigenvalue weighted by Crippen LogP contribution is 2.26. The van der Waals surface area contributed by atoms with Crippen molar-refractivity contribution in [1.29, 1.82) is 5.26 Å². The van der Waals surface area contributed by atoms with Crippen LogP contribution in [0, 0.1) is 23.1 Å². The van der Waals surface area contributed by atoms with Crippen molar-refractivity contribution in [2.24, 2.45) is 5.92 Å². The molecule has 4 heteroatoms. The summed E-state index contributed by atoms with van der Waals surface area (Å²) in [5.74, 6) is -2.42. The van der Waals surface area contributed by atoms with Gasteiger partial charge in [-0.1, -0.05) is 19.9 Å². The summed E-state index contributed by atoms with van der Waals surface area (Å²) in [6.45, 7) is 3.54. The van der Waals surface area contributed by atoms with Crippen LogP contribution < -0.4 is 0 Å². The van der Waals surface area contributed by atoms with E-state index in [1.54, 1.807) is 19.9 Å². The summed E-state index contributed by atoms with van der Waals surface area (Å²) < 4.78 is 13.1. The van der Waals surface area contributed by atoms with Gasteiger partial charge < -0.3 is 5.11 Å². The Bertz CT molecular complexity index is 449. The minimum atomic E-state index is -0.967. The van der Waals surface area contributed by atoms with Crippen molar-refractivity contribution in [2.45, 2.75) is 19.8 Å². The first-order chi connectivity index (χ1) is 7.47. The number of carboxylic acid groups (broad SMARTS) is 1. The Balaban J connectivity index is 3.22. The maximum Gasteiger partial charge on any atom is 0.311 e. The van der Waals surface area contributed by atoms with E-state index in [0.29, 0.717) is 5.56 Å². The monoisotopic (exact) mass is 221 g/mol. The number of carbonyl (C=O) groups is 1. The first-order valence-corrected chi connectivity index (χ1v) is 4.89. The molecule has 0 radical (unpaired) electrons. The molecule has 1 rings (SSSR count). The Kier molecular flexibility index (Phi) is 3.62. The van der Waals surface area contributed by atoms with E-state index in [4.69, 9.17) is 10.4 Å². The lowest BCUT2D eigenvalue weighted by molar-refractivity contribution is -0.139. The summed E-state index contributed by atoms with van der Waals surface area (Å²) in [5, 5.41) is 17.7. The molecule has 0 saturated heterocycles. The first-order valence-electron chi connectivity index (χ1n) is 4.89. The van der Waals surface area contributed by atoms with Crippen LogP contribution in [0.3, 0.4) is 0 Å². The highest BCUT2D eigenvalue weighted by molar-refractivity contribution is 5.76. The fourth-order valence-corrected chi connectivity index (χ4v) is 1.63. The van der Waals surface area contributed by atoms with Gasteiger partial charge in [-0.15, -0.1) is 0 Å². The summed E-state index contributed by atoms with van der Waals surface area (Å²) in [5.41, 5.74) is 0.338. The molecule has 84 valence electrons. The normalized spacial score (nSPS) is 12.2. The predicted molar refractivity (Wildman–Crippen MR) is 56.3 cm³/mol. The molecule has 0 amide bonds. The minimum Gasteiger partial charge on any atom is -0.481 e. The third kappa shape index (κ3) is 2.37. The fourth-order valence-electron chi connectivity index (χ4n) is 1.63. The van der Waals surface area contributed by atoms with Gasteiger partial charge in [0.1, 0.15) is 11.9 Å². The van der Waals surface area contributed by atoms with E-state index in [-0.39, 0.29) is 11.5 Å². The van der Waals surface area contributed by atoms with Gasteiger partial charge in [-0.2, -0.15) is 5.26 Å². The number of halogens is 1. The molecule has 0 heterocycles. The number of rotatable bonds is 3. The highest BCUT2D eigenvalue weighted by atomic mass is 19.1. The lowest BCUT2D eigenvalue weighted by Gasteiger charge is -2.16. The van der Waals surface area contributed by atoms with Crippen LogP contribution in [0.25, 0.3) is 0 Å². The Morgan fingerprint density at radius 1 is 1.50 bits per heavy atom. The molecule has 0 saturated carbocycles. The van der Waals surface area contributed by atoms with Crippen LogP contribution in [0.1, 0.15) is 30.9 Å². The number of nitrogens with zero attached hydrogens (tertiary/aromatic N) is 1. The third-order valence-corrected chi connectivity index (χ3v) is 2.40. The smallest absolute Gasteiger partial charge is 0.311 e. The number of benzene rings is 1. The molecule has 0 aliphatic rings. The van der Waals surface area contributed by atoms with E-state index in [1.165, 1.54) is 12.1 Å². The van der Waals surface area contributed by atoms with E-state index >= 15 is 0 Å². The molecular weight excluding hydrogens is 209 g/mol. The second-order valence-corrected chi connectivity index (χ2v) is 3.91. The van der Waals surface area contributed by atoms with Gasteiger partial charge in [0.25, 0.3) is 0 Å². The molecule has 0 bridgehead atoms. The van der Waals surface area contributed by atoms with Gasteiger partial charge in [-0.3, -0.25) is 4.79 Å². The molecule has 0 spiro atoms. The van der Waals surface area contributed by atoms with Crippen molar-refractivity contribution in [3.8, 4) is 6.07 Å². The zero-order valence-electron chi connectivity index (χ0n) is 9.07. The van der Waals surface area contributed by atoms with Crippen molar-refractivity contribution in [1.82, 2.24) is 0 Å². The van der Waals surface area contributed by atoms with Gasteiger partial charge in [-0.05, 0) is 23.6 Å². The number of aliphatic carboxylic acids is 1. The summed E-state index contributed by atoms with van der Waals surface area (Å²) in [7, 11) is 0. The maximum atomic E-state index is 13.1. The van der Waals surface area contributed by atoms with E-state index in [9.17, 15) is 9.18 Å². The summed E-state index contributed by atoms with van der Waals surface area (Å²) in [6.07, 6.45) is 0. The van der Waals surface area contributed by atoms with Crippen LogP contribution in [-0.4, -0.2) is 11.1 Å². The fraction of sp³-hybridized carbons (Fsp3) is 0.333. The second kappa shape index (κ2) is 4.75. The van der Waals surface area contributed by atoms with Crippen molar-refractivity contribution >= 4 is 5.97 Å². The maximum absolute atomic E-state index is 13.1. The van der Waals surface area contributed by atoms with Crippen molar-refractivity contribution in [3.63, 3.8) is 0 Å². The third-order valence-electron chi connectivity index (χ3n) is 2.40. The summed E-state index contributed by atoms with van der Waals surface area (Å²) >= 11 is 0. The van der Waals surface area contributed by atoms with Crippen LogP contribution in [0.5, 0.6) is 0 Å². The molecule has 1 aromatic carbocycles. The molecule has 0 aliphatic carbocycles. The average molecular weight is 221 g/mol. The molecule has 1 atom stereocenters. The van der Waals surface area contributed by atoms with Gasteiger partial charge in [0.05, 0.1) is 11.5 Å². The molecule has 1 aromatic rings. The standard InChI is InChI=1S/C12H12FNO2/c1-7(2)11(12(15)16)8-3-4-10(13)9(5-8)6-14/h3-5,7,11H,1-2H3,(H,15,16). The number of carboxylic acids is 1. The van der Waals surface area contributed by atoms with Gasteiger partial charge in [0, 0.05) is 0 Å². The molecule has 0 fully saturated rings. The van der Waals surface area contributed by atoms with Crippen molar-refractivity contribution in [2.75, 3.05) is 0 Å². The van der Waals surface area contributed by atoms with Crippen LogP contribution in [0.15, 0.2) is 18.2 Å². The van der Waals surface area contributed by atoms with Crippen LogP contribution >= 0.6 is 0 Å². The Morgan fingerprint density at radius 3 is 2.56 bits per heavy atom. The van der Waals surface area contributed by atoms with Crippen LogP contribution in [-0.2, 0) is 4.79 Å². The molecule has 0 aromatic heterocycles. The highest BCUT2D eigenvalue weighted by Gasteiger charge is 2.24. The molecule has 3 nitrogen and oxygen atoms in total. The SMILES string of the molecule is CC(C)C(C(=O)O)c1ccc(F)c(C#N)c1. The predicted octanol–water partition coefficient (Wildman–Crippen LogP) is 2.52. The number of hydrogen-bond acceptors (Lipinski definition) is 2. The number of hydrogen-bond donors (Lipinski definition) is 1. The van der Waals surface area contributed by atoms with Gasteiger partial charge in [0.2, 0.25) is 0 Å². The Labute approximate surface area is 93.1 Å². The zero-order chi connectivity index (χ0) is 12.3. The molecule has 16 heavy (non-hydrogen) atoms. The van der Waals surface area contributed by atoms with Crippen molar-refractivity contribution in [3.05, 3.63) is 35.1 Å². The Hall–Kier alpha value is -1.89. The van der Waals surface area contributed by atoms with Gasteiger partial charge >= 0.3 is 5.97 Å². The van der Waals surface area contributed by atoms with Gasteiger partial charge in [-0.25, -0.2) is 4.39 Å². The molecule has 0 aliphatic heterocycles. The lowest BCUT2D eigenvalue weighted by Crippen LogP contribution is -2.17. The van der Waals surface area contributed by atoms with E-state index in [0.717, 1.165) is 6.07 Å². The molecule has 1 N–H and O–H groups in total. The summed E-state index contributed by atoms with van der Waals surface area (Å²) in [4.78, 5) is 11.0. The van der Waals surface area contributed by atoms with E-state index < -0.39 is 17.7 Å². The minimum absolute atomic E-state index is 0.116. The topological polar surface area (TPSA) is 61.1 Å². The molecule has 1 unspecified atom stereocenters. The van der Waals surface area contributed by atoms with Crippen LogP contribution in [0.2, 0.25) is 0 Å². The van der Waals surface area contributed by atoms with Crippen molar-refractivity contribution < 1.29 is 14.3 Å². The van der Waals surface area contributed by atoms with E-state index in [1.807, 2.05) is 0 Å². The second-order valence-electron chi connectivity index (χ2n) is 3.91. The first kappa shape index (κ1) is 12.2.